The minimum Gasteiger partial charge on any atom is -0.480 e. The highest BCUT2D eigenvalue weighted by Crippen LogP contribution is 2.40. The number of anilines is 2. The summed E-state index contributed by atoms with van der Waals surface area (Å²) in [5, 5.41) is 39.9. The van der Waals surface area contributed by atoms with Gasteiger partial charge in [0.2, 0.25) is 6.10 Å². The first kappa shape index (κ1) is 36.3. The van der Waals surface area contributed by atoms with Crippen LogP contribution in [0.25, 0.3) is 11.2 Å². The number of thioether (sulfide) groups is 1. The fourth-order valence-electron chi connectivity index (χ4n) is 5.25. The van der Waals surface area contributed by atoms with Crippen LogP contribution in [0.1, 0.15) is 19.0 Å². The van der Waals surface area contributed by atoms with Crippen molar-refractivity contribution < 1.29 is 48.7 Å². The van der Waals surface area contributed by atoms with Crippen molar-refractivity contribution in [2.45, 2.75) is 44.0 Å². The highest BCUT2D eigenvalue weighted by Gasteiger charge is 2.54. The number of carbonyl (C=O) groups excluding carboxylic acids is 2. The van der Waals surface area contributed by atoms with Crippen LogP contribution in [-0.2, 0) is 41.9 Å². The van der Waals surface area contributed by atoms with Crippen molar-refractivity contribution in [2.75, 3.05) is 36.9 Å². The van der Waals surface area contributed by atoms with Gasteiger partial charge in [0, 0.05) is 17.9 Å². The Morgan fingerprint density at radius 3 is 2.66 bits per heavy atom. The van der Waals surface area contributed by atoms with Crippen LogP contribution in [0.4, 0.5) is 11.1 Å². The number of halogens is 1. The lowest BCUT2D eigenvalue weighted by Crippen LogP contribution is -2.71. The number of carbonyl (C=O) groups is 5. The molecule has 5 rings (SSSR count). The molecule has 0 spiro atoms. The van der Waals surface area contributed by atoms with E-state index in [2.05, 4.69) is 31.1 Å². The van der Waals surface area contributed by atoms with Gasteiger partial charge >= 0.3 is 29.5 Å². The second-order valence-corrected chi connectivity index (χ2v) is 13.7. The minimum atomic E-state index is -1.44. The summed E-state index contributed by atoms with van der Waals surface area (Å²) in [7, 11) is 1.82. The maximum absolute atomic E-state index is 13.5. The van der Waals surface area contributed by atoms with E-state index in [4.69, 9.17) is 27.3 Å². The number of nitrogens with zero attached hydrogens (tertiary/aromatic N) is 6. The highest BCUT2D eigenvalue weighted by molar-refractivity contribution is 8.00. The van der Waals surface area contributed by atoms with E-state index in [-0.39, 0.29) is 39.7 Å². The number of nitrogens with one attached hydrogen (secondary N) is 3. The van der Waals surface area contributed by atoms with Gasteiger partial charge in [-0.25, -0.2) is 19.1 Å². The Labute approximate surface area is 296 Å². The number of amides is 2. The molecule has 5 heterocycles. The molecule has 266 valence electrons. The van der Waals surface area contributed by atoms with Gasteiger partial charge in [-0.1, -0.05) is 28.1 Å². The van der Waals surface area contributed by atoms with Gasteiger partial charge < -0.3 is 41.8 Å². The SMILES string of the molecule is CNCCCn1c(NCC(=O)O)nc2c1ccc[n+]2CC1=C(C(=O)O)N2C(=O)[C@@H](NC(=O)/C(=N\O[C@@H](C)C(=O)O)c3nc(N)sc3Cl)C2SC1. The van der Waals surface area contributed by atoms with Gasteiger partial charge in [-0.2, -0.15) is 0 Å². The van der Waals surface area contributed by atoms with Crippen molar-refractivity contribution in [3.63, 3.8) is 0 Å². The molecule has 3 aromatic heterocycles. The summed E-state index contributed by atoms with van der Waals surface area (Å²) in [5.74, 6) is -4.93. The van der Waals surface area contributed by atoms with Crippen molar-refractivity contribution in [1.82, 2.24) is 30.1 Å². The Kier molecular flexibility index (Phi) is 11.1. The van der Waals surface area contributed by atoms with E-state index in [9.17, 15) is 34.2 Å². The van der Waals surface area contributed by atoms with Crippen LogP contribution in [0.5, 0.6) is 0 Å². The van der Waals surface area contributed by atoms with Crippen LogP contribution in [0.15, 0.2) is 34.8 Å². The number of rotatable bonds is 16. The van der Waals surface area contributed by atoms with Gasteiger partial charge in [0.25, 0.3) is 11.8 Å². The van der Waals surface area contributed by atoms with Crippen molar-refractivity contribution in [3.8, 4) is 0 Å². The van der Waals surface area contributed by atoms with Crippen LogP contribution in [0.2, 0.25) is 4.34 Å². The van der Waals surface area contributed by atoms with E-state index in [0.717, 1.165) is 22.7 Å². The Hall–Kier alpha value is -4.99. The lowest BCUT2D eigenvalue weighted by atomic mass is 10.0. The van der Waals surface area contributed by atoms with Crippen LogP contribution >= 0.6 is 34.7 Å². The number of carboxylic acids is 3. The molecule has 0 saturated carbocycles. The quantitative estimate of drug-likeness (QED) is 0.0327. The van der Waals surface area contributed by atoms with Crippen LogP contribution in [0, 0.1) is 0 Å². The molecule has 3 atom stereocenters. The molecule has 22 heteroatoms. The first-order valence-electron chi connectivity index (χ1n) is 14.9. The molecule has 2 aliphatic heterocycles. The maximum Gasteiger partial charge on any atom is 0.352 e. The average molecular weight is 752 g/mol. The van der Waals surface area contributed by atoms with E-state index >= 15 is 0 Å². The number of nitrogen functional groups attached to an aromatic ring is 1. The summed E-state index contributed by atoms with van der Waals surface area (Å²) >= 11 is 8.25. The Bertz CT molecular complexity index is 1930. The molecule has 1 fully saturated rings. The van der Waals surface area contributed by atoms with Crippen LogP contribution < -0.4 is 26.3 Å². The van der Waals surface area contributed by atoms with Gasteiger partial charge in [0.15, 0.2) is 10.8 Å². The normalized spacial score (nSPS) is 18.0. The first-order valence-corrected chi connectivity index (χ1v) is 17.1. The average Bonchev–Trinajstić information content (AvgIpc) is 3.60. The summed E-state index contributed by atoms with van der Waals surface area (Å²) in [6.45, 7) is 2.11. The number of aliphatic carboxylic acids is 3. The third kappa shape index (κ3) is 7.44. The number of hydrogen-bond acceptors (Lipinski definition) is 14. The monoisotopic (exact) mass is 751 g/mol. The number of β-lactam (4-membered cyclic amide) rings is 1. The first-order chi connectivity index (χ1) is 23.8. The zero-order chi connectivity index (χ0) is 36.3. The molecular weight excluding hydrogens is 720 g/mol. The Balaban J connectivity index is 1.40. The Morgan fingerprint density at radius 2 is 2.02 bits per heavy atom. The molecule has 0 bridgehead atoms. The number of pyridine rings is 1. The lowest BCUT2D eigenvalue weighted by Gasteiger charge is -2.49. The van der Waals surface area contributed by atoms with E-state index < -0.39 is 53.0 Å². The number of imidazole rings is 1. The summed E-state index contributed by atoms with van der Waals surface area (Å²) in [6.07, 6.45) is 1.00. The predicted octanol–water partition coefficient (Wildman–Crippen LogP) is -0.245. The van der Waals surface area contributed by atoms with E-state index in [1.165, 1.54) is 18.7 Å². The van der Waals surface area contributed by atoms with Gasteiger partial charge in [-0.05, 0) is 44.1 Å². The summed E-state index contributed by atoms with van der Waals surface area (Å²) in [6, 6.07) is 2.42. The van der Waals surface area contributed by atoms with Crippen molar-refractivity contribution >= 4 is 92.4 Å². The number of fused-ring (bicyclic) bond motifs is 2. The molecule has 19 nitrogen and oxygen atoms in total. The summed E-state index contributed by atoms with van der Waals surface area (Å²) in [4.78, 5) is 76.6. The second kappa shape index (κ2) is 15.3. The standard InChI is InChI=1S/C28H31ClN10O9S2/c1-12(25(44)45)48-36-17(16-20(29)50-27(30)34-16)22(42)33-18-23(43)39-19(26(46)47)13(11-49-24(18)39)10-37-7-3-5-14-21(37)35-28(32-9-15(40)41)38(14)8-4-6-31-2/h3,5,7,12,18,24,31H,4,6,8-11H2,1-2H3,(H6,30,33,34,40,41,42,44,45,46,47)/p+1/b36-17-/t12-,18+,24?/m0/s1. The molecule has 2 aliphatic rings. The third-order valence-electron chi connectivity index (χ3n) is 7.57. The van der Waals surface area contributed by atoms with Crippen LogP contribution in [-0.4, -0.2) is 114 Å². The van der Waals surface area contributed by atoms with Crippen LogP contribution in [0.3, 0.4) is 0 Å². The van der Waals surface area contributed by atoms with E-state index in [0.29, 0.717) is 35.8 Å². The second-order valence-electron chi connectivity index (χ2n) is 11.0. The molecule has 8 N–H and O–H groups in total. The van der Waals surface area contributed by atoms with Gasteiger partial charge in [0.05, 0.1) is 6.20 Å². The van der Waals surface area contributed by atoms with Crippen molar-refractivity contribution in [1.29, 1.82) is 0 Å². The van der Waals surface area contributed by atoms with Crippen molar-refractivity contribution in [2.24, 2.45) is 5.16 Å². The molecule has 0 aliphatic carbocycles. The number of nitrogens with two attached hydrogens (primary N) is 1. The number of thiazole rings is 1. The fourth-order valence-corrected chi connectivity index (χ4v) is 7.51. The number of hydrogen-bond donors (Lipinski definition) is 7. The largest absolute Gasteiger partial charge is 0.480 e. The van der Waals surface area contributed by atoms with E-state index in [1.54, 1.807) is 16.8 Å². The third-order valence-corrected chi connectivity index (χ3v) is 10.00. The maximum atomic E-state index is 13.5. The highest BCUT2D eigenvalue weighted by atomic mass is 35.5. The lowest BCUT2D eigenvalue weighted by molar-refractivity contribution is -0.664. The number of aryl methyl sites for hydroxylation is 1. The fraction of sp³-hybridized carbons (Fsp3) is 0.393. The number of aromatic nitrogens is 4. The smallest absolute Gasteiger partial charge is 0.352 e. The molecule has 50 heavy (non-hydrogen) atoms. The topological polar surface area (TPSA) is 268 Å². The molecular formula is C28H32ClN10O9S2+. The number of oxime groups is 1. The molecule has 0 aromatic carbocycles. The zero-order valence-electron chi connectivity index (χ0n) is 26.5. The summed E-state index contributed by atoms with van der Waals surface area (Å²) in [5.41, 5.74) is 6.33. The number of carboxylic acid groups (broad SMARTS) is 3. The zero-order valence-corrected chi connectivity index (χ0v) is 28.8. The van der Waals surface area contributed by atoms with Gasteiger partial charge in [-0.3, -0.25) is 23.9 Å². The summed E-state index contributed by atoms with van der Waals surface area (Å²) < 4.78 is 3.55. The molecule has 0 radical (unpaired) electrons. The molecule has 2 amide bonds. The molecule has 1 unspecified atom stereocenters. The predicted molar refractivity (Wildman–Crippen MR) is 181 cm³/mol. The Morgan fingerprint density at radius 1 is 1.26 bits per heavy atom. The van der Waals surface area contributed by atoms with Crippen molar-refractivity contribution in [3.05, 3.63) is 39.6 Å². The molecule has 3 aromatic rings. The van der Waals surface area contributed by atoms with Gasteiger partial charge in [0.1, 0.15) is 45.7 Å². The minimum absolute atomic E-state index is 0.00356. The van der Waals surface area contributed by atoms with E-state index in [1.807, 2.05) is 17.7 Å². The van der Waals surface area contributed by atoms with Gasteiger partial charge in [-0.15, -0.1) is 11.8 Å². The molecule has 1 saturated heterocycles.